The molecule has 0 aromatic heterocycles. The lowest BCUT2D eigenvalue weighted by Gasteiger charge is -2.19. The van der Waals surface area contributed by atoms with Crippen LogP contribution in [0.15, 0.2) is 59.5 Å². The van der Waals surface area contributed by atoms with E-state index in [1.165, 1.54) is 0 Å². The second-order valence-electron chi connectivity index (χ2n) is 8.38. The molecule has 0 bridgehead atoms. The average molecular weight is 541 g/mol. The normalized spacial score (nSPS) is 12.3. The van der Waals surface area contributed by atoms with Crippen LogP contribution in [0.5, 0.6) is 17.2 Å². The smallest absolute Gasteiger partial charge is 0.416 e. The van der Waals surface area contributed by atoms with Crippen molar-refractivity contribution in [3.05, 3.63) is 82.9 Å². The molecule has 0 amide bonds. The average Bonchev–Trinajstić information content (AvgIpc) is 2.80. The van der Waals surface area contributed by atoms with Crippen molar-refractivity contribution < 1.29 is 41.3 Å². The van der Waals surface area contributed by atoms with Crippen LogP contribution < -0.4 is 9.47 Å². The molecule has 37 heavy (non-hydrogen) atoms. The zero-order chi connectivity index (χ0) is 27.2. The second-order valence-corrected chi connectivity index (χ2v) is 9.55. The predicted molar refractivity (Wildman–Crippen MR) is 130 cm³/mol. The Labute approximate surface area is 215 Å². The zero-order valence-corrected chi connectivity index (χ0v) is 20.9. The van der Waals surface area contributed by atoms with Crippen LogP contribution in [0.1, 0.15) is 36.5 Å². The molecule has 0 saturated carbocycles. The highest BCUT2D eigenvalue weighted by atomic mass is 32.2. The highest BCUT2D eigenvalue weighted by Crippen LogP contribution is 2.39. The van der Waals surface area contributed by atoms with Crippen molar-refractivity contribution in [1.82, 2.24) is 0 Å². The highest BCUT2D eigenvalue weighted by molar-refractivity contribution is 7.99. The summed E-state index contributed by atoms with van der Waals surface area (Å²) >= 11 is 1.56. The number of thioether (sulfide) groups is 1. The first-order chi connectivity index (χ1) is 17.4. The quantitative estimate of drug-likeness (QED) is 0.197. The highest BCUT2D eigenvalue weighted by Gasteiger charge is 2.32. The maximum atomic E-state index is 14.1. The number of alkyl halides is 3. The van der Waals surface area contributed by atoms with Crippen molar-refractivity contribution >= 4 is 17.7 Å². The van der Waals surface area contributed by atoms with E-state index in [1.807, 2.05) is 25.1 Å². The van der Waals surface area contributed by atoms with Gasteiger partial charge in [-0.05, 0) is 80.3 Å². The van der Waals surface area contributed by atoms with Crippen LogP contribution in [0.3, 0.4) is 0 Å². The van der Waals surface area contributed by atoms with E-state index in [4.69, 9.17) is 14.6 Å². The van der Waals surface area contributed by atoms with Crippen molar-refractivity contribution in [3.63, 3.8) is 0 Å². The maximum Gasteiger partial charge on any atom is 0.416 e. The summed E-state index contributed by atoms with van der Waals surface area (Å²) in [7, 11) is 0. The third-order valence-electron chi connectivity index (χ3n) is 5.43. The number of rotatable bonds is 11. The summed E-state index contributed by atoms with van der Waals surface area (Å²) in [6.07, 6.45) is -4.01. The monoisotopic (exact) mass is 540 g/mol. The van der Waals surface area contributed by atoms with Crippen LogP contribution in [0.4, 0.5) is 22.0 Å². The van der Waals surface area contributed by atoms with Crippen molar-refractivity contribution in [3.8, 4) is 17.2 Å². The minimum absolute atomic E-state index is 0.00662. The molecule has 0 spiro atoms. The predicted octanol–water partition coefficient (Wildman–Crippen LogP) is 8.05. The first-order valence-corrected chi connectivity index (χ1v) is 12.4. The number of ether oxygens (including phenoxy) is 2. The number of carboxylic acid groups (broad SMARTS) is 1. The number of aryl methyl sites for hydroxylation is 2. The van der Waals surface area contributed by atoms with Crippen LogP contribution in [-0.4, -0.2) is 22.9 Å². The van der Waals surface area contributed by atoms with E-state index in [-0.39, 0.29) is 17.9 Å². The van der Waals surface area contributed by atoms with E-state index in [9.17, 15) is 26.7 Å². The molecule has 0 aliphatic heterocycles. The number of carbonyl (C=O) groups is 1. The van der Waals surface area contributed by atoms with Gasteiger partial charge in [0.1, 0.15) is 5.82 Å². The molecule has 0 fully saturated rings. The van der Waals surface area contributed by atoms with E-state index in [2.05, 4.69) is 0 Å². The Balaban J connectivity index is 1.66. The number of aliphatic carboxylic acids is 1. The van der Waals surface area contributed by atoms with E-state index in [0.29, 0.717) is 30.7 Å². The molecule has 198 valence electrons. The van der Waals surface area contributed by atoms with E-state index in [1.54, 1.807) is 18.7 Å². The summed E-state index contributed by atoms with van der Waals surface area (Å²) in [4.78, 5) is 11.8. The Morgan fingerprint density at radius 3 is 2.38 bits per heavy atom. The molecule has 1 atom stereocenters. The number of carboxylic acids is 1. The Bertz CT molecular complexity index is 1250. The first-order valence-electron chi connectivity index (χ1n) is 11.4. The fourth-order valence-electron chi connectivity index (χ4n) is 3.44. The number of halogens is 5. The zero-order valence-electron chi connectivity index (χ0n) is 20.1. The lowest BCUT2D eigenvalue weighted by molar-refractivity contribution is -0.138. The fraction of sp³-hybridized carbons (Fsp3) is 0.296. The minimum Gasteiger partial charge on any atom is -0.487 e. The summed E-state index contributed by atoms with van der Waals surface area (Å²) < 4.78 is 78.2. The molecule has 0 radical (unpaired) electrons. The number of hydrogen-bond acceptors (Lipinski definition) is 4. The summed E-state index contributed by atoms with van der Waals surface area (Å²) in [5, 5.41) is 8.85. The fourth-order valence-corrected chi connectivity index (χ4v) is 4.55. The third kappa shape index (κ3) is 8.38. The molecule has 4 nitrogen and oxygen atoms in total. The van der Waals surface area contributed by atoms with Gasteiger partial charge in [0.15, 0.2) is 23.1 Å². The summed E-state index contributed by atoms with van der Waals surface area (Å²) in [5.41, 5.74) is 0.966. The molecule has 0 unspecified atom stereocenters. The standard InChI is InChI=1S/C27H25F5O4S/c1-16-13-21(7-3-18(16)4-10-26(33)34)37-12-11-17(2)35-24-8-5-19(27(30,31)32)14-25(24)36-23-9-6-20(28)15-22(23)29/h3,5-9,13-15,17H,4,10-12H2,1-2H3,(H,33,34)/t17-/m1/s1. The molecule has 0 saturated heterocycles. The number of hydrogen-bond donors (Lipinski definition) is 1. The Morgan fingerprint density at radius 2 is 1.73 bits per heavy atom. The van der Waals surface area contributed by atoms with Crippen LogP contribution in [0.2, 0.25) is 0 Å². The molecular weight excluding hydrogens is 515 g/mol. The van der Waals surface area contributed by atoms with Crippen molar-refractivity contribution in [2.24, 2.45) is 0 Å². The van der Waals surface area contributed by atoms with Gasteiger partial charge in [-0.3, -0.25) is 4.79 Å². The van der Waals surface area contributed by atoms with Crippen LogP contribution in [-0.2, 0) is 17.4 Å². The van der Waals surface area contributed by atoms with Crippen LogP contribution >= 0.6 is 11.8 Å². The van der Waals surface area contributed by atoms with Gasteiger partial charge >= 0.3 is 12.1 Å². The molecule has 0 aliphatic rings. The summed E-state index contributed by atoms with van der Waals surface area (Å²) in [6, 6.07) is 11.0. The van der Waals surface area contributed by atoms with Gasteiger partial charge in [0.05, 0.1) is 11.7 Å². The topological polar surface area (TPSA) is 55.8 Å². The van der Waals surface area contributed by atoms with Gasteiger partial charge in [0, 0.05) is 23.1 Å². The van der Waals surface area contributed by atoms with E-state index in [0.717, 1.165) is 40.3 Å². The maximum absolute atomic E-state index is 14.1. The molecule has 3 rings (SSSR count). The Kier molecular flexibility index (Phi) is 9.42. The van der Waals surface area contributed by atoms with Gasteiger partial charge in [-0.15, -0.1) is 11.8 Å². The largest absolute Gasteiger partial charge is 0.487 e. The Morgan fingerprint density at radius 1 is 1.00 bits per heavy atom. The Hall–Kier alpha value is -3.27. The van der Waals surface area contributed by atoms with Gasteiger partial charge in [-0.2, -0.15) is 13.2 Å². The summed E-state index contributed by atoms with van der Waals surface area (Å²) in [5.74, 6) is -2.90. The van der Waals surface area contributed by atoms with Crippen LogP contribution in [0, 0.1) is 18.6 Å². The van der Waals surface area contributed by atoms with Crippen molar-refractivity contribution in [2.45, 2.75) is 50.3 Å². The summed E-state index contributed by atoms with van der Waals surface area (Å²) in [6.45, 7) is 3.67. The molecule has 0 heterocycles. The van der Waals surface area contributed by atoms with E-state index >= 15 is 0 Å². The molecule has 1 N–H and O–H groups in total. The molecule has 10 heteroatoms. The second kappa shape index (κ2) is 12.3. The van der Waals surface area contributed by atoms with Gasteiger partial charge in [-0.1, -0.05) is 6.07 Å². The lowest BCUT2D eigenvalue weighted by Crippen LogP contribution is -2.14. The molecule has 0 aliphatic carbocycles. The van der Waals surface area contributed by atoms with Gasteiger partial charge in [0.2, 0.25) is 0 Å². The van der Waals surface area contributed by atoms with Gasteiger partial charge < -0.3 is 14.6 Å². The van der Waals surface area contributed by atoms with Crippen molar-refractivity contribution in [1.29, 1.82) is 0 Å². The molecule has 3 aromatic rings. The minimum atomic E-state index is -4.65. The number of benzene rings is 3. The van der Waals surface area contributed by atoms with Crippen molar-refractivity contribution in [2.75, 3.05) is 5.75 Å². The molecule has 3 aromatic carbocycles. The molecular formula is C27H25F5O4S. The van der Waals surface area contributed by atoms with Gasteiger partial charge in [-0.25, -0.2) is 8.78 Å². The SMILES string of the molecule is Cc1cc(SCC[C@@H](C)Oc2ccc(C(F)(F)F)cc2Oc2ccc(F)cc2F)ccc1CCC(=O)O. The third-order valence-corrected chi connectivity index (χ3v) is 6.46. The first kappa shape index (κ1) is 28.3. The van der Waals surface area contributed by atoms with E-state index < -0.39 is 41.2 Å². The van der Waals surface area contributed by atoms with Crippen LogP contribution in [0.25, 0.3) is 0 Å². The van der Waals surface area contributed by atoms with Gasteiger partial charge in [0.25, 0.3) is 0 Å². The lowest BCUT2D eigenvalue weighted by atomic mass is 10.0.